The first-order valence-corrected chi connectivity index (χ1v) is 11.5. The normalized spacial score (nSPS) is 14.0. The molecule has 164 valence electrons. The van der Waals surface area contributed by atoms with Gasteiger partial charge >= 0.3 is 0 Å². The third kappa shape index (κ3) is 4.76. The minimum atomic E-state index is -0.260. The number of carbonyl (C=O) groups excluding carboxylic acids is 2. The highest BCUT2D eigenvalue weighted by atomic mass is 32.1. The summed E-state index contributed by atoms with van der Waals surface area (Å²) in [4.78, 5) is 31.4. The second kappa shape index (κ2) is 9.22. The maximum atomic E-state index is 12.6. The lowest BCUT2D eigenvalue weighted by atomic mass is 9.97. The van der Waals surface area contributed by atoms with Crippen LogP contribution in [0, 0.1) is 11.8 Å². The number of nitrogens with zero attached hydrogens (tertiary/aromatic N) is 4. The number of rotatable bonds is 3. The van der Waals surface area contributed by atoms with Gasteiger partial charge in [0.05, 0.1) is 5.01 Å². The molecule has 5 rings (SSSR count). The van der Waals surface area contributed by atoms with Gasteiger partial charge in [-0.25, -0.2) is 4.98 Å². The fourth-order valence-electron chi connectivity index (χ4n) is 3.75. The highest BCUT2D eigenvalue weighted by Gasteiger charge is 2.26. The van der Waals surface area contributed by atoms with E-state index in [0.29, 0.717) is 30.0 Å². The number of likely N-dealkylation sites (tertiary alicyclic amines) is 1. The molecule has 2 aromatic heterocycles. The van der Waals surface area contributed by atoms with Crippen molar-refractivity contribution >= 4 is 39.9 Å². The molecule has 2 N–H and O–H groups in total. The standard InChI is InChI=1S/C24H20N6O2S/c31-22(9-6-16-4-2-1-3-5-16)30-12-10-17(11-13-30)24-26-21(15-33-24)23(32)25-18-7-8-19-20(14-18)28-29-27-19/h1-5,7-8,14-15,17H,10-13H2,(H,25,32)(H,27,28,29). The number of benzene rings is 2. The second-order valence-electron chi connectivity index (χ2n) is 7.73. The number of carbonyl (C=O) groups is 2. The fourth-order valence-corrected chi connectivity index (χ4v) is 4.72. The lowest BCUT2D eigenvalue weighted by Gasteiger charge is -2.29. The molecular weight excluding hydrogens is 436 g/mol. The van der Waals surface area contributed by atoms with Crippen LogP contribution in [0.15, 0.2) is 53.9 Å². The monoisotopic (exact) mass is 456 g/mol. The predicted octanol–water partition coefficient (Wildman–Crippen LogP) is 3.42. The summed E-state index contributed by atoms with van der Waals surface area (Å²) in [5, 5.41) is 16.2. The van der Waals surface area contributed by atoms with Gasteiger partial charge in [-0.3, -0.25) is 9.59 Å². The van der Waals surface area contributed by atoms with Crippen LogP contribution < -0.4 is 5.32 Å². The number of piperidine rings is 1. The van der Waals surface area contributed by atoms with E-state index in [1.807, 2.05) is 30.3 Å². The molecule has 33 heavy (non-hydrogen) atoms. The van der Waals surface area contributed by atoms with E-state index in [9.17, 15) is 9.59 Å². The van der Waals surface area contributed by atoms with E-state index >= 15 is 0 Å². The Bertz CT molecular complexity index is 1360. The molecule has 0 atom stereocenters. The lowest BCUT2D eigenvalue weighted by Crippen LogP contribution is -2.37. The van der Waals surface area contributed by atoms with E-state index < -0.39 is 0 Å². The van der Waals surface area contributed by atoms with Crippen LogP contribution in [-0.2, 0) is 4.79 Å². The molecule has 8 nitrogen and oxygen atoms in total. The molecule has 9 heteroatoms. The molecule has 0 radical (unpaired) electrons. The molecule has 1 aliphatic heterocycles. The van der Waals surface area contributed by atoms with Crippen molar-refractivity contribution < 1.29 is 9.59 Å². The molecule has 1 aliphatic rings. The highest BCUT2D eigenvalue weighted by molar-refractivity contribution is 7.10. The average molecular weight is 457 g/mol. The Morgan fingerprint density at radius 3 is 2.67 bits per heavy atom. The van der Waals surface area contributed by atoms with Crippen LogP contribution in [0.2, 0.25) is 0 Å². The van der Waals surface area contributed by atoms with Crippen molar-refractivity contribution in [3.63, 3.8) is 0 Å². The van der Waals surface area contributed by atoms with Crippen molar-refractivity contribution in [1.82, 2.24) is 25.3 Å². The summed E-state index contributed by atoms with van der Waals surface area (Å²) >= 11 is 1.49. The number of aromatic amines is 1. The average Bonchev–Trinajstić information content (AvgIpc) is 3.53. The number of anilines is 1. The number of thiazole rings is 1. The van der Waals surface area contributed by atoms with Crippen LogP contribution in [0.1, 0.15) is 39.8 Å². The van der Waals surface area contributed by atoms with E-state index in [2.05, 4.69) is 37.6 Å². The van der Waals surface area contributed by atoms with Crippen molar-refractivity contribution in [2.45, 2.75) is 18.8 Å². The molecule has 0 bridgehead atoms. The lowest BCUT2D eigenvalue weighted by molar-refractivity contribution is -0.126. The summed E-state index contributed by atoms with van der Waals surface area (Å²) in [7, 11) is 0. The van der Waals surface area contributed by atoms with Gasteiger partial charge in [-0.2, -0.15) is 15.4 Å². The Morgan fingerprint density at radius 2 is 1.85 bits per heavy atom. The molecule has 0 unspecified atom stereocenters. The van der Waals surface area contributed by atoms with Gasteiger partial charge in [0, 0.05) is 41.6 Å². The van der Waals surface area contributed by atoms with Gasteiger partial charge < -0.3 is 10.2 Å². The SMILES string of the molecule is O=C(Nc1ccc2n[nH]nc2c1)c1csc(C2CCN(C(=O)C#Cc3ccccc3)CC2)n1. The predicted molar refractivity (Wildman–Crippen MR) is 126 cm³/mol. The molecule has 1 saturated heterocycles. The molecule has 1 fully saturated rings. The number of hydrogen-bond acceptors (Lipinski definition) is 6. The first-order valence-electron chi connectivity index (χ1n) is 10.6. The summed E-state index contributed by atoms with van der Waals surface area (Å²) in [5.74, 6) is 5.48. The molecule has 0 saturated carbocycles. The first-order chi connectivity index (χ1) is 16.2. The smallest absolute Gasteiger partial charge is 0.298 e. The topological polar surface area (TPSA) is 104 Å². The number of H-pyrrole nitrogens is 1. The van der Waals surface area contributed by atoms with Crippen molar-refractivity contribution in [3.05, 3.63) is 70.2 Å². The van der Waals surface area contributed by atoms with Crippen molar-refractivity contribution in [2.75, 3.05) is 18.4 Å². The number of aromatic nitrogens is 4. The third-order valence-corrected chi connectivity index (χ3v) is 6.55. The van der Waals surface area contributed by atoms with Gasteiger partial charge in [0.15, 0.2) is 0 Å². The quantitative estimate of drug-likeness (QED) is 0.460. The zero-order valence-corrected chi connectivity index (χ0v) is 18.4. The van der Waals surface area contributed by atoms with E-state index in [-0.39, 0.29) is 17.7 Å². The highest BCUT2D eigenvalue weighted by Crippen LogP contribution is 2.30. The van der Waals surface area contributed by atoms with Crippen LogP contribution in [0.25, 0.3) is 11.0 Å². The van der Waals surface area contributed by atoms with Gasteiger partial charge in [0.1, 0.15) is 16.7 Å². The van der Waals surface area contributed by atoms with Crippen LogP contribution in [0.3, 0.4) is 0 Å². The van der Waals surface area contributed by atoms with Gasteiger partial charge in [0.25, 0.3) is 11.8 Å². The fraction of sp³-hybridized carbons (Fsp3) is 0.208. The van der Waals surface area contributed by atoms with Crippen LogP contribution >= 0.6 is 11.3 Å². The molecule has 0 aliphatic carbocycles. The summed E-state index contributed by atoms with van der Waals surface area (Å²) in [5.41, 5.74) is 3.28. The molecule has 2 amide bonds. The number of nitrogens with one attached hydrogen (secondary N) is 2. The molecule has 0 spiro atoms. The molecule has 3 heterocycles. The summed E-state index contributed by atoms with van der Waals surface area (Å²) in [6, 6.07) is 14.8. The Labute approximate surface area is 194 Å². The van der Waals surface area contributed by atoms with E-state index in [1.165, 1.54) is 11.3 Å². The number of hydrogen-bond donors (Lipinski definition) is 2. The summed E-state index contributed by atoms with van der Waals surface area (Å²) in [6.45, 7) is 1.26. The zero-order valence-electron chi connectivity index (χ0n) is 17.6. The van der Waals surface area contributed by atoms with Gasteiger partial charge in [-0.1, -0.05) is 24.1 Å². The van der Waals surface area contributed by atoms with Gasteiger partial charge in [-0.05, 0) is 43.2 Å². The van der Waals surface area contributed by atoms with Crippen LogP contribution in [-0.4, -0.2) is 50.2 Å². The number of amides is 2. The Hall–Kier alpha value is -4.03. The maximum absolute atomic E-state index is 12.6. The van der Waals surface area contributed by atoms with E-state index in [4.69, 9.17) is 0 Å². The van der Waals surface area contributed by atoms with Gasteiger partial charge in [0.2, 0.25) is 0 Å². The van der Waals surface area contributed by atoms with Crippen molar-refractivity contribution in [3.8, 4) is 11.8 Å². The summed E-state index contributed by atoms with van der Waals surface area (Å²) < 4.78 is 0. The minimum absolute atomic E-state index is 0.152. The van der Waals surface area contributed by atoms with Crippen LogP contribution in [0.5, 0.6) is 0 Å². The Morgan fingerprint density at radius 1 is 1.06 bits per heavy atom. The molecule has 2 aromatic carbocycles. The first kappa shape index (κ1) is 20.8. The Kier molecular flexibility index (Phi) is 5.83. The second-order valence-corrected chi connectivity index (χ2v) is 8.62. The maximum Gasteiger partial charge on any atom is 0.298 e. The molecular formula is C24H20N6O2S. The number of fused-ring (bicyclic) bond motifs is 1. The van der Waals surface area contributed by atoms with E-state index in [1.54, 1.807) is 28.5 Å². The zero-order chi connectivity index (χ0) is 22.6. The summed E-state index contributed by atoms with van der Waals surface area (Å²) in [6.07, 6.45) is 1.60. The van der Waals surface area contributed by atoms with Crippen molar-refractivity contribution in [1.29, 1.82) is 0 Å². The minimum Gasteiger partial charge on any atom is -0.332 e. The van der Waals surface area contributed by atoms with E-state index in [0.717, 1.165) is 28.9 Å². The largest absolute Gasteiger partial charge is 0.332 e. The Balaban J connectivity index is 1.17. The van der Waals surface area contributed by atoms with Gasteiger partial charge in [-0.15, -0.1) is 11.3 Å². The third-order valence-electron chi connectivity index (χ3n) is 5.55. The van der Waals surface area contributed by atoms with Crippen molar-refractivity contribution in [2.24, 2.45) is 0 Å². The molecule has 4 aromatic rings. The van der Waals surface area contributed by atoms with Crippen LogP contribution in [0.4, 0.5) is 5.69 Å².